The molecule has 0 aromatic rings. The Morgan fingerprint density at radius 1 is 1.38 bits per heavy atom. The molecule has 0 heterocycles. The van der Waals surface area contributed by atoms with E-state index in [0.29, 0.717) is 6.42 Å². The van der Waals surface area contributed by atoms with Crippen molar-refractivity contribution in [1.29, 1.82) is 0 Å². The van der Waals surface area contributed by atoms with Crippen LogP contribution in [-0.2, 0) is 9.47 Å². The maximum atomic E-state index is 9.46. The predicted molar refractivity (Wildman–Crippen MR) is 53.2 cm³/mol. The molecule has 0 aliphatic heterocycles. The minimum Gasteiger partial charge on any atom is -0.389 e. The van der Waals surface area contributed by atoms with E-state index in [9.17, 15) is 5.11 Å². The van der Waals surface area contributed by atoms with Gasteiger partial charge in [-0.05, 0) is 13.8 Å². The maximum absolute atomic E-state index is 9.46. The highest BCUT2D eigenvalue weighted by atomic mass is 35.5. The van der Waals surface area contributed by atoms with E-state index in [1.54, 1.807) is 14.2 Å². The van der Waals surface area contributed by atoms with E-state index in [0.717, 1.165) is 0 Å². The summed E-state index contributed by atoms with van der Waals surface area (Å²) in [4.78, 5) is 0. The van der Waals surface area contributed by atoms with Crippen LogP contribution in [0.5, 0.6) is 0 Å². The number of ether oxygens (including phenoxy) is 2. The SMILES string of the molecule is COC(CC(C)(C)OC)C(O)CCl. The minimum atomic E-state index is -0.638. The van der Waals surface area contributed by atoms with Crippen LogP contribution in [-0.4, -0.2) is 43.0 Å². The lowest BCUT2D eigenvalue weighted by atomic mass is 9.98. The number of alkyl halides is 1. The molecule has 0 fully saturated rings. The maximum Gasteiger partial charge on any atom is 0.0937 e. The van der Waals surface area contributed by atoms with Crippen LogP contribution in [0.25, 0.3) is 0 Å². The first-order valence-electron chi connectivity index (χ1n) is 4.29. The lowest BCUT2D eigenvalue weighted by Crippen LogP contribution is -2.37. The van der Waals surface area contributed by atoms with Crippen LogP contribution in [0.2, 0.25) is 0 Å². The molecule has 0 bridgehead atoms. The zero-order chi connectivity index (χ0) is 10.5. The summed E-state index contributed by atoms with van der Waals surface area (Å²) < 4.78 is 10.4. The molecule has 0 saturated heterocycles. The molecule has 80 valence electrons. The van der Waals surface area contributed by atoms with Crippen molar-refractivity contribution < 1.29 is 14.6 Å². The van der Waals surface area contributed by atoms with Crippen molar-refractivity contribution >= 4 is 11.6 Å². The Morgan fingerprint density at radius 3 is 2.23 bits per heavy atom. The average Bonchev–Trinajstić information content (AvgIpc) is 2.13. The first kappa shape index (κ1) is 13.2. The fourth-order valence-electron chi connectivity index (χ4n) is 1.04. The molecule has 0 aliphatic carbocycles. The molecule has 1 N–H and O–H groups in total. The zero-order valence-corrected chi connectivity index (χ0v) is 9.47. The van der Waals surface area contributed by atoms with Crippen molar-refractivity contribution in [1.82, 2.24) is 0 Å². The Balaban J connectivity index is 4.11. The van der Waals surface area contributed by atoms with Crippen LogP contribution < -0.4 is 0 Å². The quantitative estimate of drug-likeness (QED) is 0.674. The standard InChI is InChI=1S/C9H19ClO3/c1-9(2,13-4)5-8(12-3)7(11)6-10/h7-8,11H,5-6H2,1-4H3. The summed E-state index contributed by atoms with van der Waals surface area (Å²) >= 11 is 5.53. The van der Waals surface area contributed by atoms with Crippen molar-refractivity contribution in [3.05, 3.63) is 0 Å². The number of aliphatic hydroxyl groups excluding tert-OH is 1. The number of methoxy groups -OCH3 is 2. The van der Waals surface area contributed by atoms with Gasteiger partial charge in [-0.25, -0.2) is 0 Å². The average molecular weight is 211 g/mol. The van der Waals surface area contributed by atoms with Crippen molar-refractivity contribution in [2.75, 3.05) is 20.1 Å². The van der Waals surface area contributed by atoms with Crippen LogP contribution >= 0.6 is 11.6 Å². The Morgan fingerprint density at radius 2 is 1.92 bits per heavy atom. The molecular weight excluding hydrogens is 192 g/mol. The Bertz CT molecular complexity index is 139. The summed E-state index contributed by atoms with van der Waals surface area (Å²) in [5, 5.41) is 9.46. The van der Waals surface area contributed by atoms with E-state index >= 15 is 0 Å². The highest BCUT2D eigenvalue weighted by Crippen LogP contribution is 2.19. The number of halogens is 1. The smallest absolute Gasteiger partial charge is 0.0937 e. The van der Waals surface area contributed by atoms with Gasteiger partial charge in [0.1, 0.15) is 0 Å². The summed E-state index contributed by atoms with van der Waals surface area (Å²) in [6, 6.07) is 0. The van der Waals surface area contributed by atoms with E-state index in [4.69, 9.17) is 21.1 Å². The molecule has 2 unspecified atom stereocenters. The van der Waals surface area contributed by atoms with E-state index in [2.05, 4.69) is 0 Å². The van der Waals surface area contributed by atoms with E-state index in [1.807, 2.05) is 13.8 Å². The van der Waals surface area contributed by atoms with Crippen molar-refractivity contribution in [2.45, 2.75) is 38.1 Å². The molecule has 0 aromatic heterocycles. The Hall–Kier alpha value is 0.170. The van der Waals surface area contributed by atoms with Gasteiger partial charge in [0.2, 0.25) is 0 Å². The number of rotatable bonds is 6. The number of hydrogen-bond acceptors (Lipinski definition) is 3. The number of aliphatic hydroxyl groups is 1. The minimum absolute atomic E-state index is 0.179. The van der Waals surface area contributed by atoms with Gasteiger partial charge in [0.15, 0.2) is 0 Å². The van der Waals surface area contributed by atoms with E-state index < -0.39 is 6.10 Å². The van der Waals surface area contributed by atoms with Crippen LogP contribution in [0.1, 0.15) is 20.3 Å². The van der Waals surface area contributed by atoms with E-state index in [-0.39, 0.29) is 17.6 Å². The highest BCUT2D eigenvalue weighted by Gasteiger charge is 2.27. The van der Waals surface area contributed by atoms with Crippen molar-refractivity contribution in [3.8, 4) is 0 Å². The Kier molecular flexibility index (Phi) is 5.88. The summed E-state index contributed by atoms with van der Waals surface area (Å²) in [5.74, 6) is 0.179. The van der Waals surface area contributed by atoms with E-state index in [1.165, 1.54) is 0 Å². The second-order valence-corrected chi connectivity index (χ2v) is 3.97. The molecule has 13 heavy (non-hydrogen) atoms. The van der Waals surface area contributed by atoms with Gasteiger partial charge in [-0.15, -0.1) is 11.6 Å². The second-order valence-electron chi connectivity index (χ2n) is 3.66. The molecule has 0 radical (unpaired) electrons. The zero-order valence-electron chi connectivity index (χ0n) is 8.71. The largest absolute Gasteiger partial charge is 0.389 e. The van der Waals surface area contributed by atoms with Gasteiger partial charge in [0, 0.05) is 20.6 Å². The molecular formula is C9H19ClO3. The normalized spacial score (nSPS) is 17.1. The molecule has 0 rings (SSSR count). The van der Waals surface area contributed by atoms with Crippen molar-refractivity contribution in [3.63, 3.8) is 0 Å². The topological polar surface area (TPSA) is 38.7 Å². The fourth-order valence-corrected chi connectivity index (χ4v) is 1.24. The lowest BCUT2D eigenvalue weighted by molar-refractivity contribution is -0.0682. The molecule has 0 spiro atoms. The third-order valence-corrected chi connectivity index (χ3v) is 2.45. The fraction of sp³-hybridized carbons (Fsp3) is 1.00. The van der Waals surface area contributed by atoms with Gasteiger partial charge in [0.25, 0.3) is 0 Å². The van der Waals surface area contributed by atoms with Crippen LogP contribution in [0.3, 0.4) is 0 Å². The Labute approximate surface area is 85.0 Å². The second kappa shape index (κ2) is 5.81. The number of hydrogen-bond donors (Lipinski definition) is 1. The van der Waals surface area contributed by atoms with Crippen molar-refractivity contribution in [2.24, 2.45) is 0 Å². The molecule has 4 heteroatoms. The molecule has 0 saturated carbocycles. The summed E-state index contributed by atoms with van der Waals surface area (Å²) in [7, 11) is 3.20. The molecule has 0 aliphatic rings. The van der Waals surface area contributed by atoms with Crippen LogP contribution in [0.4, 0.5) is 0 Å². The van der Waals surface area contributed by atoms with Gasteiger partial charge in [0.05, 0.1) is 23.7 Å². The molecule has 0 aromatic carbocycles. The summed E-state index contributed by atoms with van der Waals surface area (Å²) in [5.41, 5.74) is -0.298. The molecule has 2 atom stereocenters. The van der Waals surface area contributed by atoms with Gasteiger partial charge in [-0.2, -0.15) is 0 Å². The van der Waals surface area contributed by atoms with Crippen LogP contribution in [0, 0.1) is 0 Å². The molecule has 0 amide bonds. The summed E-state index contributed by atoms with van der Waals surface area (Å²) in [6.07, 6.45) is -0.290. The lowest BCUT2D eigenvalue weighted by Gasteiger charge is -2.29. The van der Waals surface area contributed by atoms with Gasteiger partial charge < -0.3 is 14.6 Å². The van der Waals surface area contributed by atoms with Crippen LogP contribution in [0.15, 0.2) is 0 Å². The monoisotopic (exact) mass is 210 g/mol. The highest BCUT2D eigenvalue weighted by molar-refractivity contribution is 6.18. The third-order valence-electron chi connectivity index (χ3n) is 2.14. The third kappa shape index (κ3) is 4.81. The summed E-state index contributed by atoms with van der Waals surface area (Å²) in [6.45, 7) is 3.89. The van der Waals surface area contributed by atoms with Gasteiger partial charge in [-0.1, -0.05) is 0 Å². The first-order valence-corrected chi connectivity index (χ1v) is 4.82. The first-order chi connectivity index (χ1) is 5.96. The predicted octanol–water partition coefficient (Wildman–Crippen LogP) is 1.42. The van der Waals surface area contributed by atoms with Gasteiger partial charge in [-0.3, -0.25) is 0 Å². The molecule has 3 nitrogen and oxygen atoms in total. The van der Waals surface area contributed by atoms with Gasteiger partial charge >= 0.3 is 0 Å².